The molecule has 3 N–H and O–H groups in total. The van der Waals surface area contributed by atoms with Gasteiger partial charge in [-0.2, -0.15) is 5.10 Å². The summed E-state index contributed by atoms with van der Waals surface area (Å²) < 4.78 is 7.36. The van der Waals surface area contributed by atoms with E-state index in [4.69, 9.17) is 9.94 Å². The summed E-state index contributed by atoms with van der Waals surface area (Å²) in [5.74, 6) is -1.57. The Morgan fingerprint density at radius 2 is 1.71 bits per heavy atom. The molecule has 0 aliphatic heterocycles. The summed E-state index contributed by atoms with van der Waals surface area (Å²) in [6.07, 6.45) is 4.11. The third-order valence-corrected chi connectivity index (χ3v) is 5.01. The summed E-state index contributed by atoms with van der Waals surface area (Å²) >= 11 is 0. The van der Waals surface area contributed by atoms with Gasteiger partial charge in [0, 0.05) is 19.8 Å². The second kappa shape index (κ2) is 10.0. The highest BCUT2D eigenvalue weighted by Crippen LogP contribution is 2.21. The zero-order valence-corrected chi connectivity index (χ0v) is 17.5. The van der Waals surface area contributed by atoms with Crippen LogP contribution >= 0.6 is 0 Å². The number of hydrogen-bond acceptors (Lipinski definition) is 5. The molecule has 0 radical (unpaired) electrons. The maximum Gasteiger partial charge on any atom is 0.285 e. The molecule has 2 aromatic carbocycles. The van der Waals surface area contributed by atoms with Crippen molar-refractivity contribution in [3.8, 4) is 11.1 Å². The van der Waals surface area contributed by atoms with Crippen molar-refractivity contribution in [3.63, 3.8) is 0 Å². The smallest absolute Gasteiger partial charge is 0.285 e. The lowest BCUT2D eigenvalue weighted by molar-refractivity contribution is -0.166. The first-order chi connectivity index (χ1) is 14.9. The van der Waals surface area contributed by atoms with E-state index in [1.54, 1.807) is 10.9 Å². The largest absolute Gasteiger partial charge is 0.353 e. The molecule has 1 heterocycles. The van der Waals surface area contributed by atoms with Gasteiger partial charge >= 0.3 is 0 Å². The Hall–Kier alpha value is -3.49. The van der Waals surface area contributed by atoms with Crippen LogP contribution in [0.3, 0.4) is 0 Å². The van der Waals surface area contributed by atoms with Crippen LogP contribution in [0.2, 0.25) is 0 Å². The fraction of sp³-hybridized carbons (Fsp3) is 0.261. The number of amides is 2. The van der Waals surface area contributed by atoms with Crippen molar-refractivity contribution in [3.05, 3.63) is 78.1 Å². The molecule has 3 rings (SSSR count). The molecule has 1 atom stereocenters. The molecule has 0 aliphatic rings. The molecule has 8 heteroatoms. The van der Waals surface area contributed by atoms with Gasteiger partial charge in [0.1, 0.15) is 0 Å². The van der Waals surface area contributed by atoms with Crippen LogP contribution in [-0.2, 0) is 34.4 Å². The van der Waals surface area contributed by atoms with Crippen molar-refractivity contribution in [2.45, 2.75) is 25.6 Å². The van der Waals surface area contributed by atoms with E-state index in [9.17, 15) is 9.59 Å². The van der Waals surface area contributed by atoms with Crippen LogP contribution in [0.5, 0.6) is 0 Å². The Kier molecular flexibility index (Phi) is 7.17. The molecule has 2 amide bonds. The normalized spacial score (nSPS) is 12.7. The SMILES string of the molecule is Cn1cc(CCNC(=O)C(C)(OCc2ccc(-c3ccccc3)cc2)C(=O)NO)cn1. The third kappa shape index (κ3) is 5.56. The number of hydrogen-bond donors (Lipinski definition) is 3. The first kappa shape index (κ1) is 22.2. The van der Waals surface area contributed by atoms with E-state index in [1.807, 2.05) is 67.8 Å². The minimum Gasteiger partial charge on any atom is -0.353 e. The molecular weight excluding hydrogens is 396 g/mol. The maximum atomic E-state index is 12.7. The molecule has 8 nitrogen and oxygen atoms in total. The van der Waals surface area contributed by atoms with E-state index in [-0.39, 0.29) is 6.61 Å². The maximum absolute atomic E-state index is 12.7. The number of aromatic nitrogens is 2. The van der Waals surface area contributed by atoms with Crippen LogP contribution < -0.4 is 10.8 Å². The Balaban J connectivity index is 1.61. The number of benzene rings is 2. The van der Waals surface area contributed by atoms with Gasteiger partial charge in [-0.25, -0.2) is 5.48 Å². The number of nitrogens with one attached hydrogen (secondary N) is 2. The van der Waals surface area contributed by atoms with E-state index in [0.29, 0.717) is 13.0 Å². The molecule has 3 aromatic rings. The predicted octanol–water partition coefficient (Wildman–Crippen LogP) is 2.23. The van der Waals surface area contributed by atoms with Gasteiger partial charge in [-0.3, -0.25) is 19.5 Å². The average molecular weight is 422 g/mol. The van der Waals surface area contributed by atoms with Crippen LogP contribution in [0.1, 0.15) is 18.1 Å². The molecule has 162 valence electrons. The number of hydroxylamine groups is 1. The number of carbonyl (C=O) groups is 2. The number of rotatable bonds is 9. The van der Waals surface area contributed by atoms with Crippen LogP contribution in [0.4, 0.5) is 0 Å². The molecule has 0 bridgehead atoms. The minimum absolute atomic E-state index is 0.0228. The number of aryl methyl sites for hydroxylation is 1. The summed E-state index contributed by atoms with van der Waals surface area (Å²) in [5, 5.41) is 15.9. The number of nitrogens with zero attached hydrogens (tertiary/aromatic N) is 2. The lowest BCUT2D eigenvalue weighted by Crippen LogP contribution is -2.56. The third-order valence-electron chi connectivity index (χ3n) is 5.01. The van der Waals surface area contributed by atoms with Gasteiger partial charge in [-0.1, -0.05) is 54.6 Å². The highest BCUT2D eigenvalue weighted by Gasteiger charge is 2.42. The van der Waals surface area contributed by atoms with Crippen molar-refractivity contribution in [2.75, 3.05) is 6.54 Å². The van der Waals surface area contributed by atoms with Crippen molar-refractivity contribution >= 4 is 11.8 Å². The minimum atomic E-state index is -1.89. The molecule has 0 fully saturated rings. The van der Waals surface area contributed by atoms with Gasteiger partial charge in [0.25, 0.3) is 11.8 Å². The van der Waals surface area contributed by atoms with Gasteiger partial charge in [-0.05, 0) is 35.6 Å². The molecule has 31 heavy (non-hydrogen) atoms. The quantitative estimate of drug-likeness (QED) is 0.279. The lowest BCUT2D eigenvalue weighted by Gasteiger charge is -2.26. The van der Waals surface area contributed by atoms with Crippen LogP contribution in [0.15, 0.2) is 67.0 Å². The predicted molar refractivity (Wildman–Crippen MR) is 115 cm³/mol. The van der Waals surface area contributed by atoms with E-state index in [0.717, 1.165) is 22.3 Å². The van der Waals surface area contributed by atoms with Gasteiger partial charge in [0.05, 0.1) is 12.8 Å². The monoisotopic (exact) mass is 422 g/mol. The molecule has 0 aliphatic carbocycles. The molecule has 0 spiro atoms. The summed E-state index contributed by atoms with van der Waals surface area (Å²) in [7, 11) is 1.81. The van der Waals surface area contributed by atoms with Gasteiger partial charge in [0.15, 0.2) is 0 Å². The Morgan fingerprint density at radius 1 is 1.03 bits per heavy atom. The van der Waals surface area contributed by atoms with E-state index >= 15 is 0 Å². The number of ether oxygens (including phenoxy) is 1. The summed E-state index contributed by atoms with van der Waals surface area (Å²) in [6.45, 7) is 1.65. The molecule has 1 aromatic heterocycles. The highest BCUT2D eigenvalue weighted by atomic mass is 16.5. The topological polar surface area (TPSA) is 105 Å². The summed E-state index contributed by atoms with van der Waals surface area (Å²) in [4.78, 5) is 24.9. The average Bonchev–Trinajstić information content (AvgIpc) is 3.22. The molecule has 0 saturated heterocycles. The van der Waals surface area contributed by atoms with Gasteiger partial charge in [-0.15, -0.1) is 0 Å². The van der Waals surface area contributed by atoms with Crippen molar-refractivity contribution in [1.82, 2.24) is 20.6 Å². The standard InChI is InChI=1S/C23H26N4O4/c1-23(22(29)26-30,21(28)24-13-12-18-14-25-27(2)15-18)31-16-17-8-10-20(11-9-17)19-6-4-3-5-7-19/h3-11,14-15,30H,12-13,16H2,1-2H3,(H,24,28)(H,26,29). The van der Waals surface area contributed by atoms with Crippen LogP contribution in [0.25, 0.3) is 11.1 Å². The summed E-state index contributed by atoms with van der Waals surface area (Å²) in [6, 6.07) is 17.6. The Morgan fingerprint density at radius 3 is 2.32 bits per heavy atom. The second-order valence-electron chi connectivity index (χ2n) is 7.35. The van der Waals surface area contributed by atoms with Crippen molar-refractivity contribution in [2.24, 2.45) is 7.05 Å². The van der Waals surface area contributed by atoms with Gasteiger partial charge in [0.2, 0.25) is 5.60 Å². The second-order valence-corrected chi connectivity index (χ2v) is 7.35. The highest BCUT2D eigenvalue weighted by molar-refractivity contribution is 6.07. The Bertz CT molecular complexity index is 1020. The fourth-order valence-corrected chi connectivity index (χ4v) is 3.08. The van der Waals surface area contributed by atoms with Crippen molar-refractivity contribution < 1.29 is 19.5 Å². The molecule has 0 saturated carbocycles. The first-order valence-corrected chi connectivity index (χ1v) is 9.91. The van der Waals surface area contributed by atoms with E-state index in [2.05, 4.69) is 10.4 Å². The first-order valence-electron chi connectivity index (χ1n) is 9.91. The van der Waals surface area contributed by atoms with E-state index in [1.165, 1.54) is 12.4 Å². The molecule has 1 unspecified atom stereocenters. The zero-order valence-electron chi connectivity index (χ0n) is 17.5. The number of carbonyl (C=O) groups excluding carboxylic acids is 2. The van der Waals surface area contributed by atoms with Gasteiger partial charge < -0.3 is 10.1 Å². The lowest BCUT2D eigenvalue weighted by atomic mass is 10.0. The van der Waals surface area contributed by atoms with E-state index < -0.39 is 17.4 Å². The van der Waals surface area contributed by atoms with Crippen LogP contribution in [0, 0.1) is 0 Å². The molecular formula is C23H26N4O4. The Labute approximate surface area is 180 Å². The summed E-state index contributed by atoms with van der Waals surface area (Å²) in [5.41, 5.74) is 3.52. The fourth-order valence-electron chi connectivity index (χ4n) is 3.08. The zero-order chi connectivity index (χ0) is 22.3. The van der Waals surface area contributed by atoms with Crippen LogP contribution in [-0.4, -0.2) is 38.9 Å². The van der Waals surface area contributed by atoms with Crippen molar-refractivity contribution in [1.29, 1.82) is 0 Å².